The van der Waals surface area contributed by atoms with Crippen LogP contribution in [-0.4, -0.2) is 24.8 Å². The van der Waals surface area contributed by atoms with Crippen molar-refractivity contribution in [2.24, 2.45) is 5.16 Å². The minimum atomic E-state index is -0.608. The number of carbonyl (C=O) groups is 1. The molecule has 0 radical (unpaired) electrons. The van der Waals surface area contributed by atoms with Crippen LogP contribution in [0, 0.1) is 0 Å². The third-order valence-electron chi connectivity index (χ3n) is 4.06. The SMILES string of the molecule is CCC(NC(=O)C1CC(c2ccc(Cl)s2)=NO1)c1ccc(OC)cc1. The van der Waals surface area contributed by atoms with Crippen molar-refractivity contribution in [2.75, 3.05) is 7.11 Å². The predicted octanol–water partition coefficient (Wildman–Crippen LogP) is 4.17. The van der Waals surface area contributed by atoms with Gasteiger partial charge in [0.2, 0.25) is 6.10 Å². The number of rotatable bonds is 6. The Balaban J connectivity index is 1.61. The van der Waals surface area contributed by atoms with Gasteiger partial charge in [-0.15, -0.1) is 11.3 Å². The van der Waals surface area contributed by atoms with Crippen molar-refractivity contribution in [1.29, 1.82) is 0 Å². The molecule has 2 heterocycles. The molecule has 1 N–H and O–H groups in total. The van der Waals surface area contributed by atoms with E-state index >= 15 is 0 Å². The lowest BCUT2D eigenvalue weighted by Crippen LogP contribution is -2.37. The highest BCUT2D eigenvalue weighted by Gasteiger charge is 2.30. The molecule has 2 atom stereocenters. The van der Waals surface area contributed by atoms with Crippen LogP contribution in [0.4, 0.5) is 0 Å². The van der Waals surface area contributed by atoms with E-state index in [2.05, 4.69) is 10.5 Å². The van der Waals surface area contributed by atoms with Gasteiger partial charge in [0.05, 0.1) is 22.4 Å². The van der Waals surface area contributed by atoms with Crippen LogP contribution in [0.5, 0.6) is 5.75 Å². The molecule has 25 heavy (non-hydrogen) atoms. The second kappa shape index (κ2) is 7.89. The van der Waals surface area contributed by atoms with Crippen LogP contribution in [-0.2, 0) is 9.63 Å². The molecule has 2 aromatic rings. The molecule has 5 nitrogen and oxygen atoms in total. The molecule has 1 amide bonds. The van der Waals surface area contributed by atoms with Crippen molar-refractivity contribution >= 4 is 34.6 Å². The number of hydrogen-bond acceptors (Lipinski definition) is 5. The van der Waals surface area contributed by atoms with Crippen LogP contribution in [0.3, 0.4) is 0 Å². The normalized spacial score (nSPS) is 17.6. The molecule has 0 aliphatic carbocycles. The molecule has 1 aromatic carbocycles. The zero-order valence-corrected chi connectivity index (χ0v) is 15.6. The second-order valence-corrected chi connectivity index (χ2v) is 7.40. The first-order chi connectivity index (χ1) is 12.1. The number of nitrogens with zero attached hydrogens (tertiary/aromatic N) is 1. The minimum Gasteiger partial charge on any atom is -0.497 e. The molecule has 0 fully saturated rings. The Morgan fingerprint density at radius 3 is 2.76 bits per heavy atom. The summed E-state index contributed by atoms with van der Waals surface area (Å²) in [6, 6.07) is 11.3. The highest BCUT2D eigenvalue weighted by molar-refractivity contribution is 7.18. The largest absolute Gasteiger partial charge is 0.497 e. The van der Waals surface area contributed by atoms with Crippen LogP contribution in [0.25, 0.3) is 0 Å². The van der Waals surface area contributed by atoms with Crippen LogP contribution >= 0.6 is 22.9 Å². The monoisotopic (exact) mass is 378 g/mol. The van der Waals surface area contributed by atoms with E-state index in [1.165, 1.54) is 11.3 Å². The number of benzene rings is 1. The highest BCUT2D eigenvalue weighted by Crippen LogP contribution is 2.27. The van der Waals surface area contributed by atoms with Gasteiger partial charge in [0.25, 0.3) is 5.91 Å². The van der Waals surface area contributed by atoms with E-state index in [1.54, 1.807) is 7.11 Å². The van der Waals surface area contributed by atoms with E-state index < -0.39 is 6.10 Å². The summed E-state index contributed by atoms with van der Waals surface area (Å²) in [5, 5.41) is 7.08. The Kier molecular flexibility index (Phi) is 5.60. The van der Waals surface area contributed by atoms with Crippen molar-refractivity contribution < 1.29 is 14.4 Å². The van der Waals surface area contributed by atoms with Gasteiger partial charge < -0.3 is 14.9 Å². The molecule has 132 valence electrons. The number of halogens is 1. The van der Waals surface area contributed by atoms with Gasteiger partial charge in [-0.2, -0.15) is 0 Å². The lowest BCUT2D eigenvalue weighted by Gasteiger charge is -2.19. The van der Waals surface area contributed by atoms with Gasteiger partial charge in [-0.25, -0.2) is 0 Å². The highest BCUT2D eigenvalue weighted by atomic mass is 35.5. The molecule has 2 unspecified atom stereocenters. The lowest BCUT2D eigenvalue weighted by molar-refractivity contribution is -0.132. The first kappa shape index (κ1) is 17.8. The summed E-state index contributed by atoms with van der Waals surface area (Å²) in [5.74, 6) is 0.626. The molecule has 0 saturated carbocycles. The van der Waals surface area contributed by atoms with E-state index in [4.69, 9.17) is 21.2 Å². The summed E-state index contributed by atoms with van der Waals surface area (Å²) in [5.41, 5.74) is 1.79. The van der Waals surface area contributed by atoms with Crippen LogP contribution in [0.15, 0.2) is 41.6 Å². The van der Waals surface area contributed by atoms with Crippen LogP contribution in [0.1, 0.15) is 36.2 Å². The molecular weight excluding hydrogens is 360 g/mol. The number of ether oxygens (including phenoxy) is 1. The number of thiophene rings is 1. The fourth-order valence-electron chi connectivity index (χ4n) is 2.65. The van der Waals surface area contributed by atoms with Crippen molar-refractivity contribution in [1.82, 2.24) is 5.32 Å². The summed E-state index contributed by atoms with van der Waals surface area (Å²) in [7, 11) is 1.63. The summed E-state index contributed by atoms with van der Waals surface area (Å²) < 4.78 is 5.86. The summed E-state index contributed by atoms with van der Waals surface area (Å²) in [6.07, 6.45) is 0.615. The smallest absolute Gasteiger partial charge is 0.264 e. The number of methoxy groups -OCH3 is 1. The Hall–Kier alpha value is -2.05. The zero-order chi connectivity index (χ0) is 17.8. The van der Waals surface area contributed by atoms with Gasteiger partial charge in [0.15, 0.2) is 0 Å². The number of nitrogens with one attached hydrogen (secondary N) is 1. The summed E-state index contributed by atoms with van der Waals surface area (Å²) >= 11 is 7.38. The maximum Gasteiger partial charge on any atom is 0.264 e. The summed E-state index contributed by atoms with van der Waals surface area (Å²) in [4.78, 5) is 18.8. The second-order valence-electron chi connectivity index (χ2n) is 5.68. The van der Waals surface area contributed by atoms with Gasteiger partial charge in [-0.05, 0) is 36.2 Å². The van der Waals surface area contributed by atoms with Gasteiger partial charge in [0, 0.05) is 6.42 Å². The average Bonchev–Trinajstić information content (AvgIpc) is 3.28. The van der Waals surface area contributed by atoms with Crippen molar-refractivity contribution in [3.8, 4) is 5.75 Å². The van der Waals surface area contributed by atoms with E-state index in [9.17, 15) is 4.79 Å². The molecule has 7 heteroatoms. The Bertz CT molecular complexity index is 773. The number of oxime groups is 1. The fraction of sp³-hybridized carbons (Fsp3) is 0.333. The predicted molar refractivity (Wildman–Crippen MR) is 99.5 cm³/mol. The third-order valence-corrected chi connectivity index (χ3v) is 5.34. The standard InChI is InChI=1S/C18H19ClN2O3S/c1-3-13(11-4-6-12(23-2)7-5-11)20-18(22)15-10-14(21-24-15)16-8-9-17(19)25-16/h4-9,13,15H,3,10H2,1-2H3,(H,20,22). The Morgan fingerprint density at radius 2 is 2.16 bits per heavy atom. The number of carbonyl (C=O) groups excluding carboxylic acids is 1. The topological polar surface area (TPSA) is 59.9 Å². The minimum absolute atomic E-state index is 0.0813. The molecule has 1 aliphatic rings. The first-order valence-electron chi connectivity index (χ1n) is 8.03. The zero-order valence-electron chi connectivity index (χ0n) is 14.0. The van der Waals surface area contributed by atoms with Gasteiger partial charge in [-0.1, -0.05) is 35.8 Å². The van der Waals surface area contributed by atoms with E-state index in [0.29, 0.717) is 10.8 Å². The van der Waals surface area contributed by atoms with E-state index in [1.807, 2.05) is 43.3 Å². The Morgan fingerprint density at radius 1 is 1.40 bits per heavy atom. The van der Waals surface area contributed by atoms with Crippen LogP contribution in [0.2, 0.25) is 4.34 Å². The molecule has 0 spiro atoms. The number of amides is 1. The maximum absolute atomic E-state index is 12.5. The average molecular weight is 379 g/mol. The van der Waals surface area contributed by atoms with Gasteiger partial charge >= 0.3 is 0 Å². The fourth-order valence-corrected chi connectivity index (χ4v) is 3.69. The molecule has 0 bridgehead atoms. The van der Waals surface area contributed by atoms with E-state index in [0.717, 1.165) is 28.3 Å². The Labute approximate surface area is 155 Å². The quantitative estimate of drug-likeness (QED) is 0.820. The lowest BCUT2D eigenvalue weighted by atomic mass is 10.0. The van der Waals surface area contributed by atoms with E-state index in [-0.39, 0.29) is 11.9 Å². The first-order valence-corrected chi connectivity index (χ1v) is 9.23. The van der Waals surface area contributed by atoms with Crippen molar-refractivity contribution in [2.45, 2.75) is 31.9 Å². The number of hydrogen-bond donors (Lipinski definition) is 1. The maximum atomic E-state index is 12.5. The molecule has 1 aromatic heterocycles. The molecule has 0 saturated heterocycles. The molecular formula is C18H19ClN2O3S. The molecule has 3 rings (SSSR count). The van der Waals surface area contributed by atoms with Crippen LogP contribution < -0.4 is 10.1 Å². The summed E-state index contributed by atoms with van der Waals surface area (Å²) in [6.45, 7) is 2.03. The third kappa shape index (κ3) is 4.14. The van der Waals surface area contributed by atoms with Crippen molar-refractivity contribution in [3.63, 3.8) is 0 Å². The van der Waals surface area contributed by atoms with Crippen molar-refractivity contribution in [3.05, 3.63) is 51.2 Å². The van der Waals surface area contributed by atoms with Gasteiger partial charge in [-0.3, -0.25) is 4.79 Å². The molecule has 1 aliphatic heterocycles. The van der Waals surface area contributed by atoms with Gasteiger partial charge in [0.1, 0.15) is 11.5 Å².